The first kappa shape index (κ1) is 24.9. The van der Waals surface area contributed by atoms with Crippen molar-refractivity contribution in [2.45, 2.75) is 56.7 Å². The van der Waals surface area contributed by atoms with Crippen LogP contribution in [0.3, 0.4) is 0 Å². The van der Waals surface area contributed by atoms with Crippen LogP contribution in [0.4, 0.5) is 36.4 Å². The lowest BCUT2D eigenvalue weighted by Crippen LogP contribution is -2.31. The van der Waals surface area contributed by atoms with Gasteiger partial charge in [0.1, 0.15) is 11.6 Å². The summed E-state index contributed by atoms with van der Waals surface area (Å²) in [4.78, 5) is 17.9. The van der Waals surface area contributed by atoms with Crippen molar-refractivity contribution >= 4 is 23.3 Å². The van der Waals surface area contributed by atoms with Crippen LogP contribution in [-0.4, -0.2) is 46.2 Å². The van der Waals surface area contributed by atoms with Gasteiger partial charge >= 0.3 is 6.18 Å². The topological polar surface area (TPSA) is 77.4 Å². The second-order valence-corrected chi connectivity index (χ2v) is 10.4. The van der Waals surface area contributed by atoms with Crippen LogP contribution in [0.2, 0.25) is 0 Å². The van der Waals surface area contributed by atoms with E-state index in [1.165, 1.54) is 18.7 Å². The minimum Gasteiger partial charge on any atom is -0.385 e. The molecule has 1 aromatic carbocycles. The van der Waals surface area contributed by atoms with Gasteiger partial charge in [0.2, 0.25) is 5.95 Å². The molecule has 10 heteroatoms. The summed E-state index contributed by atoms with van der Waals surface area (Å²) in [6.45, 7) is 2.54. The van der Waals surface area contributed by atoms with Gasteiger partial charge in [-0.15, -0.1) is 0 Å². The number of benzene rings is 1. The second-order valence-electron chi connectivity index (χ2n) is 10.4. The molecule has 0 atom stereocenters. The maximum Gasteiger partial charge on any atom is 0.419 e. The highest BCUT2D eigenvalue weighted by Gasteiger charge is 2.42. The molecule has 0 radical (unpaired) electrons. The molecule has 2 aliphatic heterocycles. The van der Waals surface area contributed by atoms with Gasteiger partial charge in [-0.25, -0.2) is 9.97 Å². The van der Waals surface area contributed by atoms with E-state index < -0.39 is 17.3 Å². The Bertz CT molecular complexity index is 1300. The van der Waals surface area contributed by atoms with E-state index in [-0.39, 0.29) is 5.82 Å². The zero-order chi connectivity index (χ0) is 26.3. The van der Waals surface area contributed by atoms with Crippen molar-refractivity contribution in [3.8, 4) is 0 Å². The molecule has 200 valence electrons. The first-order chi connectivity index (χ1) is 18.3. The summed E-state index contributed by atoms with van der Waals surface area (Å²) in [6.07, 6.45) is 2.83. The van der Waals surface area contributed by atoms with Crippen LogP contribution in [0.15, 0.2) is 42.6 Å². The molecule has 1 saturated carbocycles. The lowest BCUT2D eigenvalue weighted by atomic mass is 10.1. The highest BCUT2D eigenvalue weighted by atomic mass is 19.4. The van der Waals surface area contributed by atoms with Crippen molar-refractivity contribution in [2.75, 3.05) is 41.3 Å². The number of aliphatic hydroxyl groups is 1. The summed E-state index contributed by atoms with van der Waals surface area (Å²) >= 11 is 0. The number of piperidine rings is 1. The number of fused-ring (bicyclic) bond motifs is 1. The standard InChI is InChI=1S/C28H31F3N6O/c29-28(30,31)22-5-4-14-32-25(22)36-17-10-21-23(11-18-36)34-26(37-15-2-1-3-16-37)35-24(21)33-20-8-6-19(7-9-20)27(38)12-13-27/h4-9,14,38H,1-3,10-13,15-18H2,(H,33,34,35). The average molecular weight is 525 g/mol. The second kappa shape index (κ2) is 9.72. The Morgan fingerprint density at radius 1 is 0.868 bits per heavy atom. The maximum atomic E-state index is 13.7. The number of halogens is 3. The van der Waals surface area contributed by atoms with E-state index in [4.69, 9.17) is 9.97 Å². The Balaban J connectivity index is 1.32. The molecule has 0 spiro atoms. The van der Waals surface area contributed by atoms with E-state index in [2.05, 4.69) is 15.2 Å². The summed E-state index contributed by atoms with van der Waals surface area (Å²) in [5.41, 5.74) is 2.11. The fourth-order valence-electron chi connectivity index (χ4n) is 5.41. The Hall–Kier alpha value is -3.40. The number of pyridine rings is 1. The van der Waals surface area contributed by atoms with E-state index in [0.29, 0.717) is 37.7 Å². The van der Waals surface area contributed by atoms with Crippen molar-refractivity contribution in [1.82, 2.24) is 15.0 Å². The van der Waals surface area contributed by atoms with Crippen LogP contribution in [-0.2, 0) is 24.6 Å². The molecule has 0 bridgehead atoms. The molecule has 1 saturated heterocycles. The van der Waals surface area contributed by atoms with Crippen LogP contribution in [0, 0.1) is 0 Å². The number of aromatic nitrogens is 3. The van der Waals surface area contributed by atoms with Gasteiger partial charge in [0.15, 0.2) is 0 Å². The van der Waals surface area contributed by atoms with Crippen molar-refractivity contribution in [3.63, 3.8) is 0 Å². The quantitative estimate of drug-likeness (QED) is 0.475. The Kier molecular flexibility index (Phi) is 6.37. The van der Waals surface area contributed by atoms with Crippen molar-refractivity contribution in [1.29, 1.82) is 0 Å². The van der Waals surface area contributed by atoms with Crippen LogP contribution in [0.1, 0.15) is 54.5 Å². The smallest absolute Gasteiger partial charge is 0.385 e. The summed E-state index contributed by atoms with van der Waals surface area (Å²) in [7, 11) is 0. The molecule has 2 N–H and O–H groups in total. The molecule has 1 aliphatic carbocycles. The monoisotopic (exact) mass is 524 g/mol. The molecule has 6 rings (SSSR count). The number of nitrogens with zero attached hydrogens (tertiary/aromatic N) is 5. The van der Waals surface area contributed by atoms with Gasteiger partial charge in [0.05, 0.1) is 16.9 Å². The predicted octanol–water partition coefficient (Wildman–Crippen LogP) is 5.21. The summed E-state index contributed by atoms with van der Waals surface area (Å²) < 4.78 is 41.2. The van der Waals surface area contributed by atoms with E-state index in [1.54, 1.807) is 4.90 Å². The number of nitrogens with one attached hydrogen (secondary N) is 1. The van der Waals surface area contributed by atoms with Crippen LogP contribution >= 0.6 is 0 Å². The number of anilines is 4. The summed E-state index contributed by atoms with van der Waals surface area (Å²) in [5, 5.41) is 13.9. The van der Waals surface area contributed by atoms with Gasteiger partial charge in [-0.05, 0) is 68.4 Å². The number of alkyl halides is 3. The third-order valence-electron chi connectivity index (χ3n) is 7.77. The Labute approximate surface area is 219 Å². The maximum absolute atomic E-state index is 13.7. The fourth-order valence-corrected chi connectivity index (χ4v) is 5.41. The number of rotatable bonds is 5. The lowest BCUT2D eigenvalue weighted by Gasteiger charge is -2.28. The molecule has 2 fully saturated rings. The molecular formula is C28H31F3N6O. The number of hydrogen-bond acceptors (Lipinski definition) is 7. The van der Waals surface area contributed by atoms with Crippen molar-refractivity contribution in [3.05, 3.63) is 65.0 Å². The van der Waals surface area contributed by atoms with Gasteiger partial charge in [0.25, 0.3) is 0 Å². The highest BCUT2D eigenvalue weighted by molar-refractivity contribution is 5.63. The molecule has 2 aromatic heterocycles. The van der Waals surface area contributed by atoms with Crippen LogP contribution in [0.5, 0.6) is 0 Å². The molecule has 3 aliphatic rings. The third kappa shape index (κ3) is 5.01. The van der Waals surface area contributed by atoms with Crippen molar-refractivity contribution < 1.29 is 18.3 Å². The van der Waals surface area contributed by atoms with Gasteiger partial charge in [-0.3, -0.25) is 0 Å². The lowest BCUT2D eigenvalue weighted by molar-refractivity contribution is -0.137. The zero-order valence-electron chi connectivity index (χ0n) is 21.1. The van der Waals surface area contributed by atoms with Gasteiger partial charge in [0, 0.05) is 50.0 Å². The first-order valence-corrected chi connectivity index (χ1v) is 13.3. The van der Waals surface area contributed by atoms with E-state index in [0.717, 1.165) is 67.3 Å². The number of hydrogen-bond donors (Lipinski definition) is 2. The van der Waals surface area contributed by atoms with E-state index in [9.17, 15) is 18.3 Å². The SMILES string of the molecule is OC1(c2ccc(Nc3nc(N4CCCCC4)nc4c3CCN(c3ncccc3C(F)(F)F)CC4)cc2)CC1. The summed E-state index contributed by atoms with van der Waals surface area (Å²) in [6, 6.07) is 10.2. The van der Waals surface area contributed by atoms with Crippen LogP contribution in [0.25, 0.3) is 0 Å². The molecule has 4 heterocycles. The third-order valence-corrected chi connectivity index (χ3v) is 7.77. The average Bonchev–Trinajstić information content (AvgIpc) is 3.71. The van der Waals surface area contributed by atoms with Crippen LogP contribution < -0.4 is 15.1 Å². The normalized spacial score (nSPS) is 19.1. The largest absolute Gasteiger partial charge is 0.419 e. The fraction of sp³-hybridized carbons (Fsp3) is 0.464. The van der Waals surface area contributed by atoms with Gasteiger partial charge in [-0.1, -0.05) is 12.1 Å². The van der Waals surface area contributed by atoms with Crippen molar-refractivity contribution in [2.24, 2.45) is 0 Å². The van der Waals surface area contributed by atoms with E-state index in [1.807, 2.05) is 24.3 Å². The van der Waals surface area contributed by atoms with Gasteiger partial charge in [-0.2, -0.15) is 18.2 Å². The molecule has 38 heavy (non-hydrogen) atoms. The molecule has 0 amide bonds. The minimum atomic E-state index is -4.48. The Morgan fingerprint density at radius 2 is 1.61 bits per heavy atom. The minimum absolute atomic E-state index is 0.0416. The van der Waals surface area contributed by atoms with E-state index >= 15 is 0 Å². The zero-order valence-corrected chi connectivity index (χ0v) is 21.1. The molecular weight excluding hydrogens is 493 g/mol. The molecule has 0 unspecified atom stereocenters. The highest BCUT2D eigenvalue weighted by Crippen LogP contribution is 2.45. The van der Waals surface area contributed by atoms with Gasteiger partial charge < -0.3 is 20.2 Å². The molecule has 7 nitrogen and oxygen atoms in total. The Morgan fingerprint density at radius 3 is 2.32 bits per heavy atom. The molecule has 3 aromatic rings. The summed E-state index contributed by atoms with van der Waals surface area (Å²) in [5.74, 6) is 1.31. The first-order valence-electron chi connectivity index (χ1n) is 13.3. The predicted molar refractivity (Wildman–Crippen MR) is 140 cm³/mol.